The van der Waals surface area contributed by atoms with Gasteiger partial charge in [-0.3, -0.25) is 9.79 Å². The number of nitrogens with one attached hydrogen (secondary N) is 1. The van der Waals surface area contributed by atoms with Gasteiger partial charge < -0.3 is 15.1 Å². The topological polar surface area (TPSA) is 65.0 Å². The molecule has 2 fully saturated rings. The summed E-state index contributed by atoms with van der Waals surface area (Å²) in [6, 6.07) is 9.84. The molecule has 0 unspecified atom stereocenters. The molecule has 2 aliphatic heterocycles. The van der Waals surface area contributed by atoms with Crippen LogP contribution < -0.4 is 5.32 Å². The predicted octanol–water partition coefficient (Wildman–Crippen LogP) is 1.87. The average molecular weight is 340 g/mol. The number of carbonyl (C=O) groups is 2. The van der Waals surface area contributed by atoms with Gasteiger partial charge in [0.25, 0.3) is 5.91 Å². The summed E-state index contributed by atoms with van der Waals surface area (Å²) in [5.41, 5.74) is 0.456. The largest absolute Gasteiger partial charge is 0.334 e. The van der Waals surface area contributed by atoms with Crippen LogP contribution in [0.1, 0.15) is 25.3 Å². The third-order valence-corrected chi connectivity index (χ3v) is 6.05. The van der Waals surface area contributed by atoms with Gasteiger partial charge in [0.1, 0.15) is 11.4 Å². The van der Waals surface area contributed by atoms with Crippen molar-refractivity contribution in [3.63, 3.8) is 0 Å². The summed E-state index contributed by atoms with van der Waals surface area (Å²) in [4.78, 5) is 33.6. The molecule has 1 aromatic rings. The van der Waals surface area contributed by atoms with Gasteiger partial charge in [0.05, 0.1) is 0 Å². The van der Waals surface area contributed by atoms with Crippen molar-refractivity contribution in [2.75, 3.05) is 20.1 Å². The maximum absolute atomic E-state index is 12.8. The maximum Gasteiger partial charge on any atom is 0.317 e. The van der Waals surface area contributed by atoms with Crippen LogP contribution in [0.15, 0.2) is 35.3 Å². The molecule has 1 N–H and O–H groups in total. The molecule has 1 saturated heterocycles. The number of amides is 3. The number of aliphatic imine (C=N–C) groups is 1. The van der Waals surface area contributed by atoms with E-state index in [9.17, 15) is 9.59 Å². The molecule has 4 rings (SSSR count). The zero-order valence-electron chi connectivity index (χ0n) is 14.7. The molecule has 3 amide bonds. The van der Waals surface area contributed by atoms with Gasteiger partial charge in [-0.2, -0.15) is 0 Å². The fraction of sp³-hybridized carbons (Fsp3) is 0.526. The van der Waals surface area contributed by atoms with E-state index in [0.717, 1.165) is 30.8 Å². The van der Waals surface area contributed by atoms with E-state index in [4.69, 9.17) is 4.99 Å². The van der Waals surface area contributed by atoms with E-state index >= 15 is 0 Å². The number of amidine groups is 1. The molecular weight excluding hydrogens is 316 g/mol. The first kappa shape index (κ1) is 16.1. The lowest BCUT2D eigenvalue weighted by Gasteiger charge is -2.27. The predicted molar refractivity (Wildman–Crippen MR) is 95.1 cm³/mol. The lowest BCUT2D eigenvalue weighted by atomic mass is 9.85. The van der Waals surface area contributed by atoms with E-state index < -0.39 is 5.54 Å². The number of hydrogen-bond donors (Lipinski definition) is 1. The summed E-state index contributed by atoms with van der Waals surface area (Å²) in [7, 11) is 1.79. The number of likely N-dealkylation sites (tertiary alicyclic amines) is 1. The van der Waals surface area contributed by atoms with Crippen molar-refractivity contribution in [1.29, 1.82) is 0 Å². The lowest BCUT2D eigenvalue weighted by molar-refractivity contribution is -0.131. The Morgan fingerprint density at radius 2 is 2.08 bits per heavy atom. The number of hydrogen-bond acceptors (Lipinski definition) is 3. The minimum atomic E-state index is -0.627. The molecule has 3 atom stereocenters. The van der Waals surface area contributed by atoms with Crippen molar-refractivity contribution in [3.8, 4) is 0 Å². The average Bonchev–Trinajstić information content (AvgIpc) is 3.25. The number of fused-ring (bicyclic) bond motifs is 2. The molecule has 1 spiro atoms. The molecule has 6 nitrogen and oxygen atoms in total. The molecular formula is C19H24N4O2. The van der Waals surface area contributed by atoms with Crippen molar-refractivity contribution in [1.82, 2.24) is 15.1 Å². The van der Waals surface area contributed by atoms with Crippen LogP contribution in [-0.4, -0.2) is 53.2 Å². The van der Waals surface area contributed by atoms with E-state index in [0.29, 0.717) is 19.0 Å². The second-order valence-corrected chi connectivity index (χ2v) is 7.40. The Morgan fingerprint density at radius 3 is 2.76 bits per heavy atom. The molecule has 1 aromatic carbocycles. The maximum atomic E-state index is 12.8. The first-order valence-electron chi connectivity index (χ1n) is 8.92. The number of benzene rings is 1. The van der Waals surface area contributed by atoms with Crippen molar-refractivity contribution in [2.24, 2.45) is 16.8 Å². The Balaban J connectivity index is 1.43. The standard InChI is InChI=1S/C19H24N4O2/c1-13-21-19(17(24)22(13)2)9-8-15-11-23(12-16(15)19)18(25)20-10-14-6-4-3-5-7-14/h3-7,15-16H,8-12H2,1-2H3,(H,20,25)/t15-,16+,19-/m0/s1. The van der Waals surface area contributed by atoms with Crippen LogP contribution in [0.3, 0.4) is 0 Å². The van der Waals surface area contributed by atoms with Crippen molar-refractivity contribution < 1.29 is 9.59 Å². The summed E-state index contributed by atoms with van der Waals surface area (Å²) in [5, 5.41) is 2.99. The van der Waals surface area contributed by atoms with Crippen molar-refractivity contribution in [2.45, 2.75) is 31.8 Å². The number of carbonyl (C=O) groups excluding carboxylic acids is 2. The number of likely N-dealkylation sites (N-methyl/N-ethyl adjacent to an activating group) is 1. The molecule has 2 heterocycles. The third-order valence-electron chi connectivity index (χ3n) is 6.05. The number of rotatable bonds is 2. The molecule has 25 heavy (non-hydrogen) atoms. The highest BCUT2D eigenvalue weighted by atomic mass is 16.2. The van der Waals surface area contributed by atoms with E-state index in [-0.39, 0.29) is 17.9 Å². The minimum absolute atomic E-state index is 0.0482. The molecule has 3 aliphatic rings. The highest BCUT2D eigenvalue weighted by molar-refractivity contribution is 6.07. The monoisotopic (exact) mass is 340 g/mol. The molecule has 132 valence electrons. The molecule has 1 aliphatic carbocycles. The van der Waals surface area contributed by atoms with Crippen LogP contribution in [-0.2, 0) is 11.3 Å². The van der Waals surface area contributed by atoms with Gasteiger partial charge in [0.15, 0.2) is 0 Å². The van der Waals surface area contributed by atoms with Crippen LogP contribution in [0.2, 0.25) is 0 Å². The highest BCUT2D eigenvalue weighted by Crippen LogP contribution is 2.49. The SMILES string of the molecule is CC1=N[C@]2(CC[C@H]3CN(C(=O)NCc4ccccc4)C[C@H]32)C(=O)N1C. The van der Waals surface area contributed by atoms with Crippen molar-refractivity contribution >= 4 is 17.8 Å². The van der Waals surface area contributed by atoms with Gasteiger partial charge in [-0.25, -0.2) is 4.79 Å². The van der Waals surface area contributed by atoms with Crippen LogP contribution in [0, 0.1) is 11.8 Å². The highest BCUT2D eigenvalue weighted by Gasteiger charge is 2.60. The van der Waals surface area contributed by atoms with E-state index in [1.54, 1.807) is 11.9 Å². The lowest BCUT2D eigenvalue weighted by Crippen LogP contribution is -2.46. The van der Waals surface area contributed by atoms with Gasteiger partial charge in [-0.15, -0.1) is 0 Å². The van der Waals surface area contributed by atoms with Gasteiger partial charge in [-0.1, -0.05) is 30.3 Å². The van der Waals surface area contributed by atoms with Crippen LogP contribution in [0.5, 0.6) is 0 Å². The summed E-state index contributed by atoms with van der Waals surface area (Å²) in [6.45, 7) is 3.75. The first-order valence-corrected chi connectivity index (χ1v) is 8.92. The van der Waals surface area contributed by atoms with Crippen molar-refractivity contribution in [3.05, 3.63) is 35.9 Å². The number of urea groups is 1. The molecule has 0 aromatic heterocycles. The van der Waals surface area contributed by atoms with Gasteiger partial charge in [0.2, 0.25) is 0 Å². The van der Waals surface area contributed by atoms with Gasteiger partial charge >= 0.3 is 6.03 Å². The fourth-order valence-electron chi connectivity index (χ4n) is 4.60. The Bertz CT molecular complexity index is 732. The third kappa shape index (κ3) is 2.51. The Morgan fingerprint density at radius 1 is 1.32 bits per heavy atom. The fourth-order valence-corrected chi connectivity index (χ4v) is 4.60. The van der Waals surface area contributed by atoms with Crippen LogP contribution >= 0.6 is 0 Å². The molecule has 0 radical (unpaired) electrons. The number of nitrogens with zero attached hydrogens (tertiary/aromatic N) is 3. The molecule has 6 heteroatoms. The zero-order valence-corrected chi connectivity index (χ0v) is 14.7. The van der Waals surface area contributed by atoms with Crippen LogP contribution in [0.25, 0.3) is 0 Å². The summed E-state index contributed by atoms with van der Waals surface area (Å²) >= 11 is 0. The normalized spacial score (nSPS) is 30.8. The quantitative estimate of drug-likeness (QED) is 0.893. The van der Waals surface area contributed by atoms with Crippen LogP contribution in [0.4, 0.5) is 4.79 Å². The van der Waals surface area contributed by atoms with Gasteiger partial charge in [-0.05, 0) is 31.2 Å². The first-order chi connectivity index (χ1) is 12.0. The zero-order chi connectivity index (χ0) is 17.6. The molecule has 1 saturated carbocycles. The Hall–Kier alpha value is -2.37. The molecule has 0 bridgehead atoms. The summed E-state index contributed by atoms with van der Waals surface area (Å²) < 4.78 is 0. The Kier molecular flexibility index (Phi) is 3.78. The second kappa shape index (κ2) is 5.86. The smallest absolute Gasteiger partial charge is 0.317 e. The van der Waals surface area contributed by atoms with E-state index in [1.165, 1.54) is 0 Å². The van der Waals surface area contributed by atoms with E-state index in [2.05, 4.69) is 5.32 Å². The second-order valence-electron chi connectivity index (χ2n) is 7.40. The van der Waals surface area contributed by atoms with E-state index in [1.807, 2.05) is 42.2 Å². The Labute approximate surface area is 147 Å². The van der Waals surface area contributed by atoms with Gasteiger partial charge in [0, 0.05) is 32.6 Å². The summed E-state index contributed by atoms with van der Waals surface area (Å²) in [5.74, 6) is 1.40. The summed E-state index contributed by atoms with van der Waals surface area (Å²) in [6.07, 6.45) is 1.77. The minimum Gasteiger partial charge on any atom is -0.334 e.